The highest BCUT2D eigenvalue weighted by Crippen LogP contribution is 2.42. The topological polar surface area (TPSA) is 58.2 Å². The average molecular weight is 290 g/mol. The van der Waals surface area contributed by atoms with Gasteiger partial charge in [-0.1, -0.05) is 48.5 Å². The van der Waals surface area contributed by atoms with E-state index < -0.39 is 5.54 Å². The summed E-state index contributed by atoms with van der Waals surface area (Å²) in [6.45, 7) is 0. The van der Waals surface area contributed by atoms with E-state index in [1.807, 2.05) is 54.6 Å². The molecule has 2 amide bonds. The van der Waals surface area contributed by atoms with Crippen LogP contribution in [0.4, 0.5) is 5.69 Å². The van der Waals surface area contributed by atoms with Crippen LogP contribution < -0.4 is 10.6 Å². The molecule has 0 radical (unpaired) electrons. The standard InChI is InChI=1S/C18H14N2O2/c21-16-10-14-13-8-4-5-9-15(13)19-17(22)18(14,20-16)11-12-6-2-1-3-7-12/h1-10H,11H2,(H,19,22)(H,20,21). The summed E-state index contributed by atoms with van der Waals surface area (Å²) in [7, 11) is 0. The Kier molecular flexibility index (Phi) is 2.66. The van der Waals surface area contributed by atoms with Gasteiger partial charge in [-0.15, -0.1) is 0 Å². The van der Waals surface area contributed by atoms with Crippen molar-refractivity contribution in [2.45, 2.75) is 12.0 Å². The molecule has 0 bridgehead atoms. The lowest BCUT2D eigenvalue weighted by Gasteiger charge is -2.36. The summed E-state index contributed by atoms with van der Waals surface area (Å²) in [5, 5.41) is 5.78. The van der Waals surface area contributed by atoms with Crippen molar-refractivity contribution in [3.05, 3.63) is 71.8 Å². The Bertz CT molecular complexity index is 811. The second-order valence-electron chi connectivity index (χ2n) is 5.61. The molecule has 108 valence electrons. The van der Waals surface area contributed by atoms with Gasteiger partial charge in [0.2, 0.25) is 5.91 Å². The highest BCUT2D eigenvalue weighted by atomic mass is 16.2. The van der Waals surface area contributed by atoms with Crippen LogP contribution >= 0.6 is 0 Å². The van der Waals surface area contributed by atoms with Gasteiger partial charge in [0.15, 0.2) is 0 Å². The molecule has 0 saturated carbocycles. The van der Waals surface area contributed by atoms with Crippen molar-refractivity contribution in [2.24, 2.45) is 0 Å². The van der Waals surface area contributed by atoms with E-state index in [0.29, 0.717) is 6.42 Å². The number of fused-ring (bicyclic) bond motifs is 3. The monoisotopic (exact) mass is 290 g/mol. The summed E-state index contributed by atoms with van der Waals surface area (Å²) in [6.07, 6.45) is 1.98. The van der Waals surface area contributed by atoms with E-state index in [2.05, 4.69) is 10.6 Å². The summed E-state index contributed by atoms with van der Waals surface area (Å²) in [6, 6.07) is 17.3. The number of hydrogen-bond donors (Lipinski definition) is 2. The van der Waals surface area contributed by atoms with Crippen LogP contribution in [0, 0.1) is 0 Å². The Labute approximate surface area is 127 Å². The normalized spacial score (nSPS) is 22.3. The predicted molar refractivity (Wildman–Crippen MR) is 84.1 cm³/mol. The minimum Gasteiger partial charge on any atom is -0.334 e. The molecule has 2 aliphatic heterocycles. The summed E-state index contributed by atoms with van der Waals surface area (Å²) in [5.41, 5.74) is 2.38. The minimum absolute atomic E-state index is 0.188. The van der Waals surface area contributed by atoms with Crippen molar-refractivity contribution < 1.29 is 9.59 Å². The third-order valence-electron chi connectivity index (χ3n) is 4.24. The summed E-state index contributed by atoms with van der Waals surface area (Å²) >= 11 is 0. The number of hydrogen-bond acceptors (Lipinski definition) is 2. The summed E-state index contributed by atoms with van der Waals surface area (Å²) < 4.78 is 0. The van der Waals surface area contributed by atoms with Crippen LogP contribution in [-0.4, -0.2) is 17.4 Å². The minimum atomic E-state index is -1.02. The SMILES string of the molecule is O=C1C=C2c3ccccc3NC(=O)C2(Cc2ccccc2)N1. The van der Waals surface area contributed by atoms with Crippen molar-refractivity contribution in [3.8, 4) is 0 Å². The molecule has 4 nitrogen and oxygen atoms in total. The van der Waals surface area contributed by atoms with Crippen LogP contribution in [0.3, 0.4) is 0 Å². The molecular weight excluding hydrogens is 276 g/mol. The number of para-hydroxylation sites is 1. The van der Waals surface area contributed by atoms with Gasteiger partial charge < -0.3 is 10.6 Å². The van der Waals surface area contributed by atoms with Crippen molar-refractivity contribution in [2.75, 3.05) is 5.32 Å². The fourth-order valence-electron chi connectivity index (χ4n) is 3.23. The lowest BCUT2D eigenvalue weighted by atomic mass is 9.78. The summed E-state index contributed by atoms with van der Waals surface area (Å²) in [5.74, 6) is -0.412. The number of amides is 2. The number of anilines is 1. The fraction of sp³-hybridized carbons (Fsp3) is 0.111. The zero-order valence-electron chi connectivity index (χ0n) is 11.8. The molecule has 0 saturated heterocycles. The predicted octanol–water partition coefficient (Wildman–Crippen LogP) is 2.13. The molecule has 0 aromatic heterocycles. The van der Waals surface area contributed by atoms with Gasteiger partial charge in [0.05, 0.1) is 0 Å². The summed E-state index contributed by atoms with van der Waals surface area (Å²) in [4.78, 5) is 24.7. The quantitative estimate of drug-likeness (QED) is 0.890. The van der Waals surface area contributed by atoms with E-state index in [1.165, 1.54) is 0 Å². The molecule has 2 aromatic carbocycles. The van der Waals surface area contributed by atoms with Crippen molar-refractivity contribution in [1.29, 1.82) is 0 Å². The number of benzene rings is 2. The largest absolute Gasteiger partial charge is 0.334 e. The lowest BCUT2D eigenvalue weighted by Crippen LogP contribution is -2.57. The van der Waals surface area contributed by atoms with E-state index in [1.54, 1.807) is 6.08 Å². The first kappa shape index (κ1) is 12.8. The highest BCUT2D eigenvalue weighted by Gasteiger charge is 2.50. The van der Waals surface area contributed by atoms with Gasteiger partial charge in [0.1, 0.15) is 5.54 Å². The van der Waals surface area contributed by atoms with Crippen molar-refractivity contribution >= 4 is 23.1 Å². The molecule has 0 spiro atoms. The van der Waals surface area contributed by atoms with E-state index in [9.17, 15) is 9.59 Å². The van der Waals surface area contributed by atoms with Gasteiger partial charge in [0, 0.05) is 29.3 Å². The van der Waals surface area contributed by atoms with Crippen molar-refractivity contribution in [1.82, 2.24) is 5.32 Å². The van der Waals surface area contributed by atoms with Crippen LogP contribution in [0.5, 0.6) is 0 Å². The highest BCUT2D eigenvalue weighted by molar-refractivity contribution is 6.22. The molecular formula is C18H14N2O2. The van der Waals surface area contributed by atoms with E-state index in [4.69, 9.17) is 0 Å². The molecule has 2 N–H and O–H groups in total. The van der Waals surface area contributed by atoms with Gasteiger partial charge >= 0.3 is 0 Å². The molecule has 22 heavy (non-hydrogen) atoms. The number of carbonyl (C=O) groups is 2. The van der Waals surface area contributed by atoms with Crippen LogP contribution in [0.15, 0.2) is 60.7 Å². The van der Waals surface area contributed by atoms with E-state index in [0.717, 1.165) is 22.4 Å². The van der Waals surface area contributed by atoms with Gasteiger partial charge in [-0.05, 0) is 11.6 Å². The van der Waals surface area contributed by atoms with E-state index >= 15 is 0 Å². The molecule has 2 aliphatic rings. The maximum Gasteiger partial charge on any atom is 0.255 e. The van der Waals surface area contributed by atoms with Crippen LogP contribution in [0.25, 0.3) is 5.57 Å². The Morgan fingerprint density at radius 1 is 0.909 bits per heavy atom. The Morgan fingerprint density at radius 3 is 2.45 bits per heavy atom. The Balaban J connectivity index is 1.86. The van der Waals surface area contributed by atoms with Crippen LogP contribution in [0.1, 0.15) is 11.1 Å². The lowest BCUT2D eigenvalue weighted by molar-refractivity contribution is -0.125. The van der Waals surface area contributed by atoms with E-state index in [-0.39, 0.29) is 11.8 Å². The average Bonchev–Trinajstić information content (AvgIpc) is 2.86. The molecule has 4 rings (SSSR count). The van der Waals surface area contributed by atoms with Crippen LogP contribution in [0.2, 0.25) is 0 Å². The van der Waals surface area contributed by atoms with Gasteiger partial charge in [-0.25, -0.2) is 0 Å². The smallest absolute Gasteiger partial charge is 0.255 e. The number of rotatable bonds is 2. The molecule has 4 heteroatoms. The number of carbonyl (C=O) groups excluding carboxylic acids is 2. The third-order valence-corrected chi connectivity index (χ3v) is 4.24. The molecule has 1 atom stereocenters. The Hall–Kier alpha value is -2.88. The molecule has 2 heterocycles. The number of nitrogens with one attached hydrogen (secondary N) is 2. The second-order valence-corrected chi connectivity index (χ2v) is 5.61. The first-order chi connectivity index (χ1) is 10.7. The molecule has 0 aliphatic carbocycles. The maximum atomic E-state index is 12.7. The first-order valence-corrected chi connectivity index (χ1v) is 7.18. The molecule has 2 aromatic rings. The van der Waals surface area contributed by atoms with Crippen LogP contribution in [-0.2, 0) is 16.0 Å². The third kappa shape index (κ3) is 1.77. The maximum absolute atomic E-state index is 12.7. The van der Waals surface area contributed by atoms with Crippen molar-refractivity contribution in [3.63, 3.8) is 0 Å². The molecule has 0 fully saturated rings. The van der Waals surface area contributed by atoms with Gasteiger partial charge in [0.25, 0.3) is 5.91 Å². The zero-order valence-corrected chi connectivity index (χ0v) is 11.8. The zero-order chi connectivity index (χ0) is 15.2. The fourth-order valence-corrected chi connectivity index (χ4v) is 3.23. The Morgan fingerprint density at radius 2 is 1.64 bits per heavy atom. The molecule has 1 unspecified atom stereocenters. The van der Waals surface area contributed by atoms with Gasteiger partial charge in [-0.2, -0.15) is 0 Å². The second kappa shape index (κ2) is 4.56. The van der Waals surface area contributed by atoms with Gasteiger partial charge in [-0.3, -0.25) is 9.59 Å². The first-order valence-electron chi connectivity index (χ1n) is 7.18.